The highest BCUT2D eigenvalue weighted by Gasteiger charge is 2.21. The molecule has 27 heavy (non-hydrogen) atoms. The summed E-state index contributed by atoms with van der Waals surface area (Å²) in [6.07, 6.45) is 0.988. The maximum atomic E-state index is 12.6. The minimum atomic E-state index is -0.416. The molecule has 0 saturated heterocycles. The number of anilines is 1. The molecular formula is C20H23N3O3S. The molecule has 2 heterocycles. The third kappa shape index (κ3) is 3.88. The molecule has 1 aromatic carbocycles. The number of benzene rings is 1. The van der Waals surface area contributed by atoms with Crippen molar-refractivity contribution >= 4 is 33.2 Å². The Hall–Kier alpha value is -2.67. The maximum absolute atomic E-state index is 12.6. The second-order valence-electron chi connectivity index (χ2n) is 6.32. The normalized spacial score (nSPS) is 12.1. The molecule has 3 rings (SSSR count). The van der Waals surface area contributed by atoms with Crippen LogP contribution in [0.3, 0.4) is 0 Å². The number of nitrogens with zero attached hydrogens (tertiary/aromatic N) is 1. The third-order valence-electron chi connectivity index (χ3n) is 4.44. The number of ether oxygens (including phenoxy) is 1. The molecule has 6 nitrogen and oxygen atoms in total. The number of aromatic amines is 1. The van der Waals surface area contributed by atoms with E-state index < -0.39 is 5.97 Å². The van der Waals surface area contributed by atoms with Crippen LogP contribution in [-0.2, 0) is 11.2 Å². The Balaban J connectivity index is 1.92. The third-order valence-corrected chi connectivity index (χ3v) is 5.60. The zero-order valence-electron chi connectivity index (χ0n) is 15.9. The highest BCUT2D eigenvalue weighted by molar-refractivity contribution is 7.20. The first kappa shape index (κ1) is 19.1. The van der Waals surface area contributed by atoms with Crippen LogP contribution in [-0.4, -0.2) is 22.5 Å². The number of esters is 1. The number of hydrogen-bond donors (Lipinski definition) is 2. The van der Waals surface area contributed by atoms with Gasteiger partial charge in [-0.2, -0.15) is 0 Å². The summed E-state index contributed by atoms with van der Waals surface area (Å²) in [4.78, 5) is 33.1. The number of aromatic nitrogens is 2. The van der Waals surface area contributed by atoms with Crippen LogP contribution >= 0.6 is 11.3 Å². The number of hydrogen-bond acceptors (Lipinski definition) is 6. The summed E-state index contributed by atoms with van der Waals surface area (Å²) >= 11 is 1.20. The molecule has 0 bridgehead atoms. The van der Waals surface area contributed by atoms with Crippen LogP contribution < -0.4 is 10.9 Å². The van der Waals surface area contributed by atoms with Gasteiger partial charge in [-0.1, -0.05) is 19.1 Å². The van der Waals surface area contributed by atoms with Crippen molar-refractivity contribution < 1.29 is 9.53 Å². The van der Waals surface area contributed by atoms with Gasteiger partial charge in [-0.05, 0) is 50.5 Å². The second kappa shape index (κ2) is 7.92. The number of rotatable bonds is 6. The van der Waals surface area contributed by atoms with E-state index in [4.69, 9.17) is 4.74 Å². The number of fused-ring (bicyclic) bond motifs is 1. The van der Waals surface area contributed by atoms with Crippen molar-refractivity contribution in [1.82, 2.24) is 9.97 Å². The van der Waals surface area contributed by atoms with Crippen LogP contribution in [0.5, 0.6) is 0 Å². The molecule has 0 spiro atoms. The van der Waals surface area contributed by atoms with E-state index in [1.807, 2.05) is 19.1 Å². The molecule has 1 atom stereocenters. The maximum Gasteiger partial charge on any atom is 0.348 e. The fraction of sp³-hybridized carbons (Fsp3) is 0.350. The fourth-order valence-electron chi connectivity index (χ4n) is 2.91. The Kier molecular flexibility index (Phi) is 5.60. The van der Waals surface area contributed by atoms with Crippen molar-refractivity contribution in [2.75, 3.05) is 11.9 Å². The summed E-state index contributed by atoms with van der Waals surface area (Å²) in [7, 11) is 0. The molecular weight excluding hydrogens is 362 g/mol. The summed E-state index contributed by atoms with van der Waals surface area (Å²) in [5, 5.41) is 3.80. The minimum Gasteiger partial charge on any atom is -0.462 e. The number of nitrogens with one attached hydrogen (secondary N) is 2. The quantitative estimate of drug-likeness (QED) is 0.621. The summed E-state index contributed by atoms with van der Waals surface area (Å²) in [5.74, 6) is 0.116. The molecule has 0 radical (unpaired) electrons. The predicted molar refractivity (Wildman–Crippen MR) is 109 cm³/mol. The standard InChI is InChI=1S/C20H23N3O3S/c1-5-13-7-9-14(10-8-13)21-12(4)17-22-18(24)15-11(3)16(20(25)26-6-2)27-19(15)23-17/h7-10,12,21H,5-6H2,1-4H3,(H,22,23,24). The molecule has 7 heteroatoms. The SMILES string of the molecule is CCOC(=O)c1sc2nc(C(C)Nc3ccc(CC)cc3)[nH]c(=O)c2c1C. The molecule has 0 aliphatic rings. The van der Waals surface area contributed by atoms with Crippen LogP contribution in [0.25, 0.3) is 10.2 Å². The Bertz CT molecular complexity index is 1020. The smallest absolute Gasteiger partial charge is 0.348 e. The topological polar surface area (TPSA) is 84.1 Å². The van der Waals surface area contributed by atoms with E-state index in [0.29, 0.717) is 33.1 Å². The minimum absolute atomic E-state index is 0.192. The zero-order valence-corrected chi connectivity index (χ0v) is 16.7. The van der Waals surface area contributed by atoms with Gasteiger partial charge in [-0.25, -0.2) is 9.78 Å². The van der Waals surface area contributed by atoms with Gasteiger partial charge in [0.2, 0.25) is 0 Å². The lowest BCUT2D eigenvalue weighted by atomic mass is 10.1. The van der Waals surface area contributed by atoms with Crippen molar-refractivity contribution in [2.45, 2.75) is 40.2 Å². The van der Waals surface area contributed by atoms with Gasteiger partial charge in [-0.15, -0.1) is 11.3 Å². The molecule has 0 aliphatic carbocycles. The van der Waals surface area contributed by atoms with Crippen LogP contribution in [0.4, 0.5) is 5.69 Å². The van der Waals surface area contributed by atoms with Crippen molar-refractivity contribution in [2.24, 2.45) is 0 Å². The van der Waals surface area contributed by atoms with Crippen molar-refractivity contribution in [3.8, 4) is 0 Å². The molecule has 3 aromatic rings. The molecule has 0 saturated carbocycles. The van der Waals surface area contributed by atoms with Crippen LogP contribution in [0.15, 0.2) is 29.1 Å². The lowest BCUT2D eigenvalue weighted by Gasteiger charge is -2.14. The lowest BCUT2D eigenvalue weighted by Crippen LogP contribution is -2.17. The van der Waals surface area contributed by atoms with Crippen molar-refractivity contribution in [3.63, 3.8) is 0 Å². The van der Waals surface area contributed by atoms with Crippen molar-refractivity contribution in [3.05, 3.63) is 56.4 Å². The Morgan fingerprint density at radius 2 is 2.00 bits per heavy atom. The number of H-pyrrole nitrogens is 1. The van der Waals surface area contributed by atoms with Gasteiger partial charge in [-0.3, -0.25) is 4.79 Å². The molecule has 2 aromatic heterocycles. The van der Waals surface area contributed by atoms with E-state index >= 15 is 0 Å². The molecule has 0 fully saturated rings. The Labute approximate surface area is 161 Å². The zero-order chi connectivity index (χ0) is 19.6. The van der Waals surface area contributed by atoms with Gasteiger partial charge in [0.25, 0.3) is 5.56 Å². The molecule has 1 unspecified atom stereocenters. The predicted octanol–water partition coefficient (Wildman–Crippen LogP) is 4.21. The van der Waals surface area contributed by atoms with E-state index in [1.54, 1.807) is 13.8 Å². The second-order valence-corrected chi connectivity index (χ2v) is 7.32. The molecule has 0 aliphatic heterocycles. The Morgan fingerprint density at radius 1 is 1.30 bits per heavy atom. The average molecular weight is 385 g/mol. The number of thiophene rings is 1. The lowest BCUT2D eigenvalue weighted by molar-refractivity contribution is 0.0531. The fourth-order valence-corrected chi connectivity index (χ4v) is 3.99. The van der Waals surface area contributed by atoms with E-state index in [-0.39, 0.29) is 11.6 Å². The summed E-state index contributed by atoms with van der Waals surface area (Å²) in [6.45, 7) is 7.84. The first-order valence-electron chi connectivity index (χ1n) is 9.00. The first-order chi connectivity index (χ1) is 12.9. The van der Waals surface area contributed by atoms with Gasteiger partial charge in [0.15, 0.2) is 0 Å². The highest BCUT2D eigenvalue weighted by atomic mass is 32.1. The molecule has 0 amide bonds. The van der Waals surface area contributed by atoms with E-state index in [2.05, 4.69) is 34.3 Å². The van der Waals surface area contributed by atoms with Gasteiger partial charge < -0.3 is 15.0 Å². The number of carbonyl (C=O) groups is 1. The van der Waals surface area contributed by atoms with Gasteiger partial charge in [0, 0.05) is 5.69 Å². The van der Waals surface area contributed by atoms with Gasteiger partial charge in [0.05, 0.1) is 18.0 Å². The monoisotopic (exact) mass is 385 g/mol. The number of aryl methyl sites for hydroxylation is 2. The van der Waals surface area contributed by atoms with E-state index in [0.717, 1.165) is 12.1 Å². The van der Waals surface area contributed by atoms with Gasteiger partial charge in [0.1, 0.15) is 15.5 Å². The molecule has 142 valence electrons. The summed E-state index contributed by atoms with van der Waals surface area (Å²) < 4.78 is 5.07. The van der Waals surface area contributed by atoms with Gasteiger partial charge >= 0.3 is 5.97 Å². The largest absolute Gasteiger partial charge is 0.462 e. The Morgan fingerprint density at radius 3 is 2.63 bits per heavy atom. The highest BCUT2D eigenvalue weighted by Crippen LogP contribution is 2.28. The first-order valence-corrected chi connectivity index (χ1v) is 9.82. The van der Waals surface area contributed by atoms with Crippen LogP contribution in [0.2, 0.25) is 0 Å². The van der Waals surface area contributed by atoms with Crippen molar-refractivity contribution in [1.29, 1.82) is 0 Å². The van der Waals surface area contributed by atoms with E-state index in [9.17, 15) is 9.59 Å². The van der Waals surface area contributed by atoms with Crippen LogP contribution in [0, 0.1) is 6.92 Å². The number of carbonyl (C=O) groups excluding carboxylic acids is 1. The molecule has 2 N–H and O–H groups in total. The van der Waals surface area contributed by atoms with Crippen LogP contribution in [0.1, 0.15) is 53.4 Å². The summed E-state index contributed by atoms with van der Waals surface area (Å²) in [5.41, 5.74) is 2.59. The van der Waals surface area contributed by atoms with E-state index in [1.165, 1.54) is 16.9 Å². The summed E-state index contributed by atoms with van der Waals surface area (Å²) in [6, 6.07) is 7.98. The average Bonchev–Trinajstić information content (AvgIpc) is 2.99.